The summed E-state index contributed by atoms with van der Waals surface area (Å²) in [5.74, 6) is -0.218. The summed E-state index contributed by atoms with van der Waals surface area (Å²) >= 11 is 0. The molecule has 1 aromatic rings. The molecule has 3 heteroatoms. The van der Waals surface area contributed by atoms with Crippen LogP contribution in [0.1, 0.15) is 24.5 Å². The van der Waals surface area contributed by atoms with Gasteiger partial charge in [0.1, 0.15) is 0 Å². The van der Waals surface area contributed by atoms with Crippen LogP contribution in [0, 0.1) is 0 Å². The highest BCUT2D eigenvalue weighted by atomic mass is 16.5. The van der Waals surface area contributed by atoms with Crippen LogP contribution >= 0.6 is 0 Å². The van der Waals surface area contributed by atoms with Crippen molar-refractivity contribution in [2.75, 3.05) is 13.7 Å². The third-order valence-electron chi connectivity index (χ3n) is 2.35. The normalized spacial score (nSPS) is 10.7. The van der Waals surface area contributed by atoms with Crippen molar-refractivity contribution in [2.24, 2.45) is 0 Å². The van der Waals surface area contributed by atoms with Crippen LogP contribution in [0.5, 0.6) is 0 Å². The maximum absolute atomic E-state index is 10.9. The molecule has 0 aliphatic rings. The Balaban J connectivity index is 2.55. The standard InChI is InChI=1S/C14H19NO2/c1-3-15-11-13-8-4-6-12(10-13)7-5-9-14(16)17-2/h4-8,10,15H,3,9,11H2,1-2H3. The van der Waals surface area contributed by atoms with Crippen LogP contribution in [0.3, 0.4) is 0 Å². The van der Waals surface area contributed by atoms with E-state index in [1.165, 1.54) is 12.7 Å². The first kappa shape index (κ1) is 13.5. The Kier molecular flexibility index (Phi) is 6.04. The fourth-order valence-corrected chi connectivity index (χ4v) is 1.45. The first-order chi connectivity index (χ1) is 8.26. The molecule has 3 nitrogen and oxygen atoms in total. The molecule has 0 saturated heterocycles. The lowest BCUT2D eigenvalue weighted by Crippen LogP contribution is -2.11. The molecule has 0 heterocycles. The van der Waals surface area contributed by atoms with Gasteiger partial charge in [-0.05, 0) is 17.7 Å². The molecule has 92 valence electrons. The molecule has 0 bridgehead atoms. The molecule has 0 aliphatic carbocycles. The molecule has 0 saturated carbocycles. The summed E-state index contributed by atoms with van der Waals surface area (Å²) in [6.45, 7) is 3.91. The maximum Gasteiger partial charge on any atom is 0.309 e. The topological polar surface area (TPSA) is 38.3 Å². The van der Waals surface area contributed by atoms with Crippen molar-refractivity contribution in [2.45, 2.75) is 19.9 Å². The number of benzene rings is 1. The van der Waals surface area contributed by atoms with E-state index in [9.17, 15) is 4.79 Å². The molecular weight excluding hydrogens is 214 g/mol. The van der Waals surface area contributed by atoms with Gasteiger partial charge in [-0.1, -0.05) is 43.3 Å². The van der Waals surface area contributed by atoms with E-state index in [0.29, 0.717) is 6.42 Å². The Labute approximate surface area is 102 Å². The number of methoxy groups -OCH3 is 1. The van der Waals surface area contributed by atoms with Gasteiger partial charge in [0.2, 0.25) is 0 Å². The number of hydrogen-bond acceptors (Lipinski definition) is 3. The monoisotopic (exact) mass is 233 g/mol. The number of carbonyl (C=O) groups excluding carboxylic acids is 1. The lowest BCUT2D eigenvalue weighted by molar-refractivity contribution is -0.139. The van der Waals surface area contributed by atoms with E-state index in [1.54, 1.807) is 0 Å². The second-order valence-corrected chi connectivity index (χ2v) is 3.71. The van der Waals surface area contributed by atoms with Crippen molar-refractivity contribution in [1.29, 1.82) is 0 Å². The van der Waals surface area contributed by atoms with Gasteiger partial charge in [-0.25, -0.2) is 0 Å². The van der Waals surface area contributed by atoms with E-state index >= 15 is 0 Å². The minimum absolute atomic E-state index is 0.218. The second kappa shape index (κ2) is 7.63. The summed E-state index contributed by atoms with van der Waals surface area (Å²) in [5.41, 5.74) is 2.34. The Morgan fingerprint density at radius 2 is 2.29 bits per heavy atom. The predicted molar refractivity (Wildman–Crippen MR) is 69.5 cm³/mol. The molecule has 17 heavy (non-hydrogen) atoms. The van der Waals surface area contributed by atoms with Crippen LogP contribution in [0.4, 0.5) is 0 Å². The number of carbonyl (C=O) groups is 1. The Morgan fingerprint density at radius 1 is 1.47 bits per heavy atom. The van der Waals surface area contributed by atoms with Gasteiger partial charge in [-0.2, -0.15) is 0 Å². The predicted octanol–water partition coefficient (Wildman–Crippen LogP) is 2.37. The third kappa shape index (κ3) is 5.31. The van der Waals surface area contributed by atoms with E-state index in [2.05, 4.69) is 29.1 Å². The van der Waals surface area contributed by atoms with Crippen molar-refractivity contribution in [1.82, 2.24) is 5.32 Å². The van der Waals surface area contributed by atoms with Crippen LogP contribution in [0.2, 0.25) is 0 Å². The molecule has 1 rings (SSSR count). The minimum Gasteiger partial charge on any atom is -0.469 e. The van der Waals surface area contributed by atoms with Gasteiger partial charge in [-0.15, -0.1) is 0 Å². The summed E-state index contributed by atoms with van der Waals surface area (Å²) in [5, 5.41) is 3.28. The Bertz CT molecular complexity index is 386. The molecule has 0 aliphatic heterocycles. The van der Waals surface area contributed by atoms with Gasteiger partial charge < -0.3 is 10.1 Å². The van der Waals surface area contributed by atoms with Crippen molar-refractivity contribution in [3.8, 4) is 0 Å². The molecule has 1 aromatic carbocycles. The highest BCUT2D eigenvalue weighted by molar-refractivity contribution is 5.72. The zero-order chi connectivity index (χ0) is 12.5. The Hall–Kier alpha value is -1.61. The largest absolute Gasteiger partial charge is 0.469 e. The number of hydrogen-bond donors (Lipinski definition) is 1. The van der Waals surface area contributed by atoms with Gasteiger partial charge in [0, 0.05) is 6.54 Å². The lowest BCUT2D eigenvalue weighted by Gasteiger charge is -2.02. The van der Waals surface area contributed by atoms with E-state index in [0.717, 1.165) is 18.7 Å². The lowest BCUT2D eigenvalue weighted by atomic mass is 10.1. The number of ether oxygens (including phenoxy) is 1. The number of esters is 1. The molecule has 0 spiro atoms. The highest BCUT2D eigenvalue weighted by Gasteiger charge is 1.95. The Morgan fingerprint density at radius 3 is 3.00 bits per heavy atom. The molecular formula is C14H19NO2. The molecule has 0 unspecified atom stereocenters. The maximum atomic E-state index is 10.9. The molecule has 0 atom stereocenters. The molecule has 0 aromatic heterocycles. The van der Waals surface area contributed by atoms with Crippen LogP contribution in [-0.2, 0) is 16.1 Å². The third-order valence-corrected chi connectivity index (χ3v) is 2.35. The van der Waals surface area contributed by atoms with Gasteiger partial charge in [0.25, 0.3) is 0 Å². The van der Waals surface area contributed by atoms with Crippen LogP contribution in [0.25, 0.3) is 6.08 Å². The minimum atomic E-state index is -0.218. The molecule has 0 fully saturated rings. The van der Waals surface area contributed by atoms with Crippen molar-refractivity contribution >= 4 is 12.0 Å². The van der Waals surface area contributed by atoms with Crippen molar-refractivity contribution in [3.63, 3.8) is 0 Å². The van der Waals surface area contributed by atoms with Crippen LogP contribution in [0.15, 0.2) is 30.3 Å². The van der Waals surface area contributed by atoms with Crippen LogP contribution in [-0.4, -0.2) is 19.6 Å². The molecule has 1 N–H and O–H groups in total. The fourth-order valence-electron chi connectivity index (χ4n) is 1.45. The first-order valence-electron chi connectivity index (χ1n) is 5.79. The SMILES string of the molecule is CCNCc1cccc(C=CCC(=O)OC)c1. The zero-order valence-corrected chi connectivity index (χ0v) is 10.4. The van der Waals surface area contributed by atoms with E-state index < -0.39 is 0 Å². The summed E-state index contributed by atoms with van der Waals surface area (Å²) in [6.07, 6.45) is 4.07. The average molecular weight is 233 g/mol. The van der Waals surface area contributed by atoms with E-state index in [4.69, 9.17) is 0 Å². The second-order valence-electron chi connectivity index (χ2n) is 3.71. The van der Waals surface area contributed by atoms with Gasteiger partial charge >= 0.3 is 5.97 Å². The van der Waals surface area contributed by atoms with Gasteiger partial charge in [0.05, 0.1) is 13.5 Å². The fraction of sp³-hybridized carbons (Fsp3) is 0.357. The van der Waals surface area contributed by atoms with Crippen LogP contribution < -0.4 is 5.32 Å². The highest BCUT2D eigenvalue weighted by Crippen LogP contribution is 2.07. The quantitative estimate of drug-likeness (QED) is 0.767. The number of rotatable bonds is 6. The van der Waals surface area contributed by atoms with Crippen molar-refractivity contribution < 1.29 is 9.53 Å². The summed E-state index contributed by atoms with van der Waals surface area (Å²) in [4.78, 5) is 10.9. The summed E-state index contributed by atoms with van der Waals surface area (Å²) in [6, 6.07) is 8.23. The smallest absolute Gasteiger partial charge is 0.309 e. The van der Waals surface area contributed by atoms with E-state index in [-0.39, 0.29) is 5.97 Å². The van der Waals surface area contributed by atoms with Gasteiger partial charge in [-0.3, -0.25) is 4.79 Å². The average Bonchev–Trinajstić information content (AvgIpc) is 2.36. The molecule has 0 radical (unpaired) electrons. The zero-order valence-electron chi connectivity index (χ0n) is 10.4. The molecule has 0 amide bonds. The summed E-state index contributed by atoms with van der Waals surface area (Å²) in [7, 11) is 1.40. The summed E-state index contributed by atoms with van der Waals surface area (Å²) < 4.78 is 4.56. The number of nitrogens with one attached hydrogen (secondary N) is 1. The van der Waals surface area contributed by atoms with E-state index in [1.807, 2.05) is 24.3 Å². The first-order valence-corrected chi connectivity index (χ1v) is 5.79. The van der Waals surface area contributed by atoms with Gasteiger partial charge in [0.15, 0.2) is 0 Å². The van der Waals surface area contributed by atoms with Crippen molar-refractivity contribution in [3.05, 3.63) is 41.5 Å².